The molecule has 8 nitrogen and oxygen atoms in total. The van der Waals surface area contributed by atoms with Crippen LogP contribution in [0.4, 0.5) is 10.1 Å². The Kier molecular flexibility index (Phi) is 10.1. The number of rotatable bonds is 12. The summed E-state index contributed by atoms with van der Waals surface area (Å²) in [4.78, 5) is 28.0. The molecule has 0 aromatic heterocycles. The van der Waals surface area contributed by atoms with Crippen LogP contribution in [0.15, 0.2) is 48.5 Å². The number of nitrogens with one attached hydrogen (secondary N) is 1. The van der Waals surface area contributed by atoms with Gasteiger partial charge in [-0.1, -0.05) is 45.0 Å². The van der Waals surface area contributed by atoms with E-state index >= 15 is 0 Å². The van der Waals surface area contributed by atoms with Gasteiger partial charge in [-0.25, -0.2) is 12.8 Å². The molecule has 0 radical (unpaired) electrons. The maximum Gasteiger partial charge on any atom is 0.244 e. The van der Waals surface area contributed by atoms with E-state index in [0.29, 0.717) is 18.5 Å². The molecule has 1 N–H and O–H groups in total. The lowest BCUT2D eigenvalue weighted by Crippen LogP contribution is -2.52. The van der Waals surface area contributed by atoms with Gasteiger partial charge in [0.1, 0.15) is 24.2 Å². The first-order valence-electron chi connectivity index (χ1n) is 11.4. The number of nitrogens with zero attached hydrogens (tertiary/aromatic N) is 2. The first kappa shape index (κ1) is 28.1. The molecule has 10 heteroatoms. The van der Waals surface area contributed by atoms with Crippen LogP contribution in [0.3, 0.4) is 0 Å². The van der Waals surface area contributed by atoms with Crippen molar-refractivity contribution in [2.75, 3.05) is 30.8 Å². The predicted octanol–water partition coefficient (Wildman–Crippen LogP) is 3.18. The lowest BCUT2D eigenvalue weighted by atomic mass is 10.1. The molecule has 0 saturated heterocycles. The molecule has 0 aliphatic heterocycles. The van der Waals surface area contributed by atoms with Gasteiger partial charge in [0.25, 0.3) is 0 Å². The highest BCUT2D eigenvalue weighted by Crippen LogP contribution is 2.29. The molecule has 1 atom stereocenters. The van der Waals surface area contributed by atoms with E-state index in [9.17, 15) is 22.4 Å². The number of methoxy groups -OCH3 is 1. The lowest BCUT2D eigenvalue weighted by molar-refractivity contribution is -0.140. The Morgan fingerprint density at radius 2 is 1.71 bits per heavy atom. The molecular formula is C25H34FN3O5S. The molecule has 0 aliphatic rings. The van der Waals surface area contributed by atoms with E-state index in [-0.39, 0.29) is 29.8 Å². The van der Waals surface area contributed by atoms with E-state index in [4.69, 9.17) is 4.74 Å². The Balaban J connectivity index is 2.44. The van der Waals surface area contributed by atoms with Crippen LogP contribution in [0.5, 0.6) is 5.75 Å². The highest BCUT2D eigenvalue weighted by atomic mass is 32.2. The van der Waals surface area contributed by atoms with E-state index in [0.717, 1.165) is 10.6 Å². The van der Waals surface area contributed by atoms with Crippen LogP contribution in [-0.2, 0) is 26.2 Å². The van der Waals surface area contributed by atoms with Gasteiger partial charge in [0.15, 0.2) is 0 Å². The number of benzene rings is 2. The molecule has 0 fully saturated rings. The fourth-order valence-corrected chi connectivity index (χ4v) is 4.41. The third-order valence-corrected chi connectivity index (χ3v) is 6.50. The largest absolute Gasteiger partial charge is 0.495 e. The van der Waals surface area contributed by atoms with Gasteiger partial charge in [0.2, 0.25) is 21.8 Å². The Labute approximate surface area is 207 Å². The van der Waals surface area contributed by atoms with E-state index in [2.05, 4.69) is 5.32 Å². The number of halogens is 1. The number of hydrogen-bond donors (Lipinski definition) is 1. The Morgan fingerprint density at radius 1 is 1.09 bits per heavy atom. The van der Waals surface area contributed by atoms with E-state index in [1.54, 1.807) is 31.2 Å². The minimum absolute atomic E-state index is 0.0102. The highest BCUT2D eigenvalue weighted by Gasteiger charge is 2.32. The number of para-hydroxylation sites is 2. The van der Waals surface area contributed by atoms with Crippen LogP contribution in [0.2, 0.25) is 0 Å². The molecule has 0 spiro atoms. The van der Waals surface area contributed by atoms with Gasteiger partial charge in [-0.15, -0.1) is 0 Å². The lowest BCUT2D eigenvalue weighted by Gasteiger charge is -2.33. The van der Waals surface area contributed by atoms with Crippen LogP contribution in [0, 0.1) is 11.7 Å². The second kappa shape index (κ2) is 12.5. The molecule has 2 rings (SSSR count). The van der Waals surface area contributed by atoms with E-state index in [1.165, 1.54) is 36.3 Å². The summed E-state index contributed by atoms with van der Waals surface area (Å²) in [6, 6.07) is 11.2. The monoisotopic (exact) mass is 507 g/mol. The average molecular weight is 508 g/mol. The average Bonchev–Trinajstić information content (AvgIpc) is 2.81. The van der Waals surface area contributed by atoms with Gasteiger partial charge in [-0.3, -0.25) is 13.9 Å². The number of ether oxygens (including phenoxy) is 1. The summed E-state index contributed by atoms with van der Waals surface area (Å²) in [7, 11) is -2.47. The van der Waals surface area contributed by atoms with E-state index in [1.807, 2.05) is 13.8 Å². The Hall–Kier alpha value is -3.14. The van der Waals surface area contributed by atoms with Crippen LogP contribution in [0.25, 0.3) is 0 Å². The standard InChI is InChI=1S/C25H34FN3O5S/c1-6-21(25(31)27-15-18(2)3)28(16-19-11-13-20(26)14-12-19)24(30)17-29(35(5,32)33)22-9-7-8-10-23(22)34-4/h7-14,18,21H,6,15-17H2,1-5H3,(H,27,31). The van der Waals surface area contributed by atoms with Crippen molar-refractivity contribution in [2.45, 2.75) is 39.8 Å². The first-order valence-corrected chi connectivity index (χ1v) is 13.2. The number of anilines is 1. The van der Waals surface area contributed by atoms with Crippen molar-refractivity contribution in [1.82, 2.24) is 10.2 Å². The van der Waals surface area contributed by atoms with Gasteiger partial charge in [0, 0.05) is 13.1 Å². The van der Waals surface area contributed by atoms with Crippen molar-refractivity contribution < 1.29 is 27.1 Å². The molecule has 0 saturated carbocycles. The fourth-order valence-electron chi connectivity index (χ4n) is 3.56. The minimum Gasteiger partial charge on any atom is -0.495 e. The zero-order valence-electron chi connectivity index (χ0n) is 20.8. The molecule has 2 amide bonds. The molecule has 192 valence electrons. The molecule has 0 aliphatic carbocycles. The van der Waals surface area contributed by atoms with Crippen LogP contribution in [-0.4, -0.2) is 57.6 Å². The minimum atomic E-state index is -3.88. The molecule has 2 aromatic rings. The molecular weight excluding hydrogens is 473 g/mol. The van der Waals surface area contributed by atoms with Gasteiger partial charge >= 0.3 is 0 Å². The maximum absolute atomic E-state index is 13.6. The van der Waals surface area contributed by atoms with Crippen molar-refractivity contribution in [3.05, 3.63) is 59.9 Å². The summed E-state index contributed by atoms with van der Waals surface area (Å²) < 4.78 is 45.1. The van der Waals surface area contributed by atoms with Gasteiger partial charge in [0.05, 0.1) is 19.1 Å². The van der Waals surface area contributed by atoms with Gasteiger partial charge in [-0.2, -0.15) is 0 Å². The van der Waals surface area contributed by atoms with Crippen molar-refractivity contribution in [3.8, 4) is 5.75 Å². The molecule has 1 unspecified atom stereocenters. The second-order valence-corrected chi connectivity index (χ2v) is 10.6. The van der Waals surface area contributed by atoms with Gasteiger partial charge < -0.3 is 15.0 Å². The van der Waals surface area contributed by atoms with Crippen molar-refractivity contribution in [1.29, 1.82) is 0 Å². The van der Waals surface area contributed by atoms with Crippen molar-refractivity contribution in [3.63, 3.8) is 0 Å². The fraction of sp³-hybridized carbons (Fsp3) is 0.440. The Bertz CT molecular complexity index is 1110. The zero-order chi connectivity index (χ0) is 26.2. The summed E-state index contributed by atoms with van der Waals surface area (Å²) in [5, 5.41) is 2.85. The van der Waals surface area contributed by atoms with Crippen LogP contribution >= 0.6 is 0 Å². The third-order valence-electron chi connectivity index (χ3n) is 5.37. The molecule has 0 bridgehead atoms. The summed E-state index contributed by atoms with van der Waals surface area (Å²) in [6.07, 6.45) is 1.31. The first-order chi connectivity index (χ1) is 16.5. The van der Waals surface area contributed by atoms with Crippen molar-refractivity contribution in [2.24, 2.45) is 5.92 Å². The van der Waals surface area contributed by atoms with Gasteiger partial charge in [-0.05, 0) is 42.2 Å². The number of hydrogen-bond acceptors (Lipinski definition) is 5. The predicted molar refractivity (Wildman–Crippen MR) is 134 cm³/mol. The molecule has 35 heavy (non-hydrogen) atoms. The SMILES string of the molecule is CCC(C(=O)NCC(C)C)N(Cc1ccc(F)cc1)C(=O)CN(c1ccccc1OC)S(C)(=O)=O. The highest BCUT2D eigenvalue weighted by molar-refractivity contribution is 7.92. The Morgan fingerprint density at radius 3 is 2.26 bits per heavy atom. The van der Waals surface area contributed by atoms with Crippen LogP contribution in [0.1, 0.15) is 32.8 Å². The summed E-state index contributed by atoms with van der Waals surface area (Å²) in [6.45, 7) is 5.61. The van der Waals surface area contributed by atoms with Crippen molar-refractivity contribution >= 4 is 27.5 Å². The summed E-state index contributed by atoms with van der Waals surface area (Å²) >= 11 is 0. The number of sulfonamides is 1. The smallest absolute Gasteiger partial charge is 0.244 e. The molecule has 0 heterocycles. The zero-order valence-corrected chi connectivity index (χ0v) is 21.6. The quantitative estimate of drug-likeness (QED) is 0.476. The van der Waals surface area contributed by atoms with E-state index < -0.39 is 34.3 Å². The van der Waals surface area contributed by atoms with Crippen LogP contribution < -0.4 is 14.4 Å². The number of carbonyl (C=O) groups is 2. The maximum atomic E-state index is 13.6. The topological polar surface area (TPSA) is 96.0 Å². The normalized spacial score (nSPS) is 12.2. The number of carbonyl (C=O) groups excluding carboxylic acids is 2. The molecule has 2 aromatic carbocycles. The number of amides is 2. The summed E-state index contributed by atoms with van der Waals surface area (Å²) in [5.41, 5.74) is 0.822. The second-order valence-electron chi connectivity index (χ2n) is 8.65. The summed E-state index contributed by atoms with van der Waals surface area (Å²) in [5.74, 6) is -0.827. The third kappa shape index (κ3) is 7.95.